The van der Waals surface area contributed by atoms with Crippen LogP contribution in [0.1, 0.15) is 12.0 Å². The number of rotatable bonds is 10. The molecule has 1 aromatic heterocycles. The summed E-state index contributed by atoms with van der Waals surface area (Å²) < 4.78 is 10.0. The Bertz CT molecular complexity index is 293. The first-order valence-electron chi connectivity index (χ1n) is 6.13. The van der Waals surface area contributed by atoms with E-state index in [1.165, 1.54) is 5.56 Å². The average Bonchev–Trinajstić information content (AvgIpc) is 2.41. The van der Waals surface area contributed by atoms with Gasteiger partial charge in [-0.05, 0) is 18.1 Å². The second-order valence-electron chi connectivity index (χ2n) is 3.83. The molecule has 102 valence electrons. The van der Waals surface area contributed by atoms with Crippen LogP contribution in [0.25, 0.3) is 0 Å². The Morgan fingerprint density at radius 1 is 1.28 bits per heavy atom. The van der Waals surface area contributed by atoms with Crippen LogP contribution in [0.4, 0.5) is 0 Å². The number of pyridine rings is 1. The second-order valence-corrected chi connectivity index (χ2v) is 4.92. The van der Waals surface area contributed by atoms with Gasteiger partial charge in [0.2, 0.25) is 0 Å². The molecule has 0 fully saturated rings. The maximum atomic E-state index is 5.04. The molecule has 0 bridgehead atoms. The highest BCUT2D eigenvalue weighted by molar-refractivity contribution is 7.99. The molecule has 1 heterocycles. The van der Waals surface area contributed by atoms with E-state index < -0.39 is 0 Å². The van der Waals surface area contributed by atoms with E-state index in [2.05, 4.69) is 16.4 Å². The Hall–Kier alpha value is -0.620. The maximum absolute atomic E-state index is 5.04. The van der Waals surface area contributed by atoms with Crippen molar-refractivity contribution in [3.05, 3.63) is 23.9 Å². The van der Waals surface area contributed by atoms with Gasteiger partial charge in [-0.15, -0.1) is 11.8 Å². The van der Waals surface area contributed by atoms with Gasteiger partial charge in [0, 0.05) is 45.9 Å². The second kappa shape index (κ2) is 10.3. The summed E-state index contributed by atoms with van der Waals surface area (Å²) in [6, 6.07) is 4.10. The number of thioether (sulfide) groups is 1. The van der Waals surface area contributed by atoms with Crippen LogP contribution in [0.3, 0.4) is 0 Å². The van der Waals surface area contributed by atoms with E-state index in [0.717, 1.165) is 43.5 Å². The van der Waals surface area contributed by atoms with Crippen molar-refractivity contribution in [2.24, 2.45) is 0 Å². The number of nitrogens with one attached hydrogen (secondary N) is 1. The van der Waals surface area contributed by atoms with Gasteiger partial charge in [-0.3, -0.25) is 0 Å². The minimum Gasteiger partial charge on any atom is -0.385 e. The number of nitrogens with zero attached hydrogens (tertiary/aromatic N) is 1. The molecule has 0 aliphatic rings. The van der Waals surface area contributed by atoms with Gasteiger partial charge < -0.3 is 14.8 Å². The van der Waals surface area contributed by atoms with Crippen LogP contribution in [0.2, 0.25) is 0 Å². The number of hydrogen-bond acceptors (Lipinski definition) is 5. The molecule has 4 nitrogen and oxygen atoms in total. The van der Waals surface area contributed by atoms with E-state index in [1.807, 2.05) is 12.3 Å². The van der Waals surface area contributed by atoms with Crippen LogP contribution in [0.5, 0.6) is 0 Å². The summed E-state index contributed by atoms with van der Waals surface area (Å²) in [6.45, 7) is 3.24. The van der Waals surface area contributed by atoms with Crippen LogP contribution in [0, 0.1) is 0 Å². The fraction of sp³-hybridized carbons (Fsp3) is 0.615. The van der Waals surface area contributed by atoms with Gasteiger partial charge in [-0.25, -0.2) is 4.98 Å². The smallest absolute Gasteiger partial charge is 0.100 e. The highest BCUT2D eigenvalue weighted by Gasteiger charge is 2.03. The van der Waals surface area contributed by atoms with Crippen molar-refractivity contribution in [2.75, 3.05) is 39.7 Å². The topological polar surface area (TPSA) is 43.4 Å². The lowest BCUT2D eigenvalue weighted by Crippen LogP contribution is -2.19. The number of methoxy groups -OCH3 is 2. The molecule has 18 heavy (non-hydrogen) atoms. The first-order valence-corrected chi connectivity index (χ1v) is 7.12. The zero-order valence-electron chi connectivity index (χ0n) is 11.1. The predicted molar refractivity (Wildman–Crippen MR) is 75.0 cm³/mol. The number of ether oxygens (including phenoxy) is 2. The molecular formula is C13H22N2O2S. The molecule has 0 radical (unpaired) electrons. The van der Waals surface area contributed by atoms with E-state index in [1.54, 1.807) is 26.0 Å². The van der Waals surface area contributed by atoms with Crippen molar-refractivity contribution in [3.8, 4) is 0 Å². The number of hydrogen-bond donors (Lipinski definition) is 1. The molecular weight excluding hydrogens is 248 g/mol. The van der Waals surface area contributed by atoms with Gasteiger partial charge >= 0.3 is 0 Å². The summed E-state index contributed by atoms with van der Waals surface area (Å²) in [5, 5.41) is 4.45. The summed E-state index contributed by atoms with van der Waals surface area (Å²) >= 11 is 1.79. The van der Waals surface area contributed by atoms with Crippen LogP contribution < -0.4 is 5.32 Å². The third-order valence-electron chi connectivity index (χ3n) is 2.38. The molecule has 0 aliphatic heterocycles. The first kappa shape index (κ1) is 15.4. The largest absolute Gasteiger partial charge is 0.385 e. The lowest BCUT2D eigenvalue weighted by molar-refractivity contribution is 0.199. The average molecular weight is 270 g/mol. The summed E-state index contributed by atoms with van der Waals surface area (Å²) in [7, 11) is 3.44. The first-order chi connectivity index (χ1) is 8.88. The van der Waals surface area contributed by atoms with Crippen molar-refractivity contribution in [1.29, 1.82) is 0 Å². The minimum atomic E-state index is 0.733. The molecule has 0 spiro atoms. The summed E-state index contributed by atoms with van der Waals surface area (Å²) in [4.78, 5) is 4.43. The Balaban J connectivity index is 2.36. The molecule has 0 aliphatic carbocycles. The van der Waals surface area contributed by atoms with Gasteiger partial charge in [0.1, 0.15) is 5.03 Å². The van der Waals surface area contributed by atoms with Crippen LogP contribution in [-0.4, -0.2) is 44.7 Å². The SMILES string of the molecule is COCCCSc1ncccc1CNCCOC. The third-order valence-corrected chi connectivity index (χ3v) is 3.51. The number of aromatic nitrogens is 1. The zero-order valence-corrected chi connectivity index (χ0v) is 12.0. The summed E-state index contributed by atoms with van der Waals surface area (Å²) in [5.41, 5.74) is 1.25. The molecule has 0 saturated heterocycles. The molecule has 0 amide bonds. The molecule has 1 N–H and O–H groups in total. The Morgan fingerprint density at radius 3 is 2.89 bits per heavy atom. The maximum Gasteiger partial charge on any atom is 0.100 e. The van der Waals surface area contributed by atoms with Crippen molar-refractivity contribution in [2.45, 2.75) is 18.0 Å². The molecule has 5 heteroatoms. The molecule has 1 rings (SSSR count). The van der Waals surface area contributed by atoms with Crippen molar-refractivity contribution in [1.82, 2.24) is 10.3 Å². The Morgan fingerprint density at radius 2 is 2.11 bits per heavy atom. The highest BCUT2D eigenvalue weighted by atomic mass is 32.2. The lowest BCUT2D eigenvalue weighted by atomic mass is 10.3. The van der Waals surface area contributed by atoms with E-state index in [0.29, 0.717) is 0 Å². The molecule has 0 aromatic carbocycles. The van der Waals surface area contributed by atoms with E-state index >= 15 is 0 Å². The lowest BCUT2D eigenvalue weighted by Gasteiger charge is -2.09. The van der Waals surface area contributed by atoms with Gasteiger partial charge in [-0.2, -0.15) is 0 Å². The minimum absolute atomic E-state index is 0.733. The Kier molecular flexibility index (Phi) is 8.85. The summed E-state index contributed by atoms with van der Waals surface area (Å²) in [6.07, 6.45) is 2.89. The molecule has 0 atom stereocenters. The molecule has 1 aromatic rings. The van der Waals surface area contributed by atoms with Crippen molar-refractivity contribution in [3.63, 3.8) is 0 Å². The predicted octanol–water partition coefficient (Wildman–Crippen LogP) is 1.95. The van der Waals surface area contributed by atoms with E-state index in [-0.39, 0.29) is 0 Å². The van der Waals surface area contributed by atoms with E-state index in [9.17, 15) is 0 Å². The monoisotopic (exact) mass is 270 g/mol. The fourth-order valence-corrected chi connectivity index (χ4v) is 2.37. The Labute approximate surface area is 113 Å². The quantitative estimate of drug-likeness (QED) is 0.520. The standard InChI is InChI=1S/C13H22N2O2S/c1-16-8-4-10-18-13-12(5-3-6-15-13)11-14-7-9-17-2/h3,5-6,14H,4,7-11H2,1-2H3. The van der Waals surface area contributed by atoms with Crippen LogP contribution >= 0.6 is 11.8 Å². The van der Waals surface area contributed by atoms with Gasteiger partial charge in [0.25, 0.3) is 0 Å². The van der Waals surface area contributed by atoms with E-state index in [4.69, 9.17) is 9.47 Å². The zero-order chi connectivity index (χ0) is 13.1. The van der Waals surface area contributed by atoms with Gasteiger partial charge in [0.05, 0.1) is 6.61 Å². The van der Waals surface area contributed by atoms with Crippen molar-refractivity contribution < 1.29 is 9.47 Å². The fourth-order valence-electron chi connectivity index (χ4n) is 1.46. The third kappa shape index (κ3) is 6.35. The van der Waals surface area contributed by atoms with Gasteiger partial charge in [0.15, 0.2) is 0 Å². The van der Waals surface area contributed by atoms with Crippen LogP contribution in [-0.2, 0) is 16.0 Å². The van der Waals surface area contributed by atoms with Crippen LogP contribution in [0.15, 0.2) is 23.4 Å². The molecule has 0 saturated carbocycles. The normalized spacial score (nSPS) is 10.8. The highest BCUT2D eigenvalue weighted by Crippen LogP contribution is 2.20. The summed E-state index contributed by atoms with van der Waals surface area (Å²) in [5.74, 6) is 1.04. The molecule has 0 unspecified atom stereocenters. The van der Waals surface area contributed by atoms with Crippen molar-refractivity contribution >= 4 is 11.8 Å². The van der Waals surface area contributed by atoms with Gasteiger partial charge in [-0.1, -0.05) is 6.07 Å².